The third-order valence-electron chi connectivity index (χ3n) is 0. The van der Waals surface area contributed by atoms with Gasteiger partial charge in [0.1, 0.15) is 0 Å². The molecular formula is C2H2ClOV+. The van der Waals surface area contributed by atoms with Crippen LogP contribution in [0, 0.1) is 6.92 Å². The number of hydrogen-bond donors (Lipinski definition) is 0. The zero-order chi connectivity index (χ0) is 3.58. The van der Waals surface area contributed by atoms with E-state index in [0.29, 0.717) is 0 Å². The number of hydrogen-bond acceptors (Lipinski definition) is 1. The normalized spacial score (nSPS) is 5.00. The number of rotatable bonds is 0. The first-order valence-electron chi connectivity index (χ1n) is 0.747. The van der Waals surface area contributed by atoms with Gasteiger partial charge >= 0.3 is 18.6 Å². The molecule has 5 heavy (non-hydrogen) atoms. The quantitative estimate of drug-likeness (QED) is 0.345. The van der Waals surface area contributed by atoms with E-state index < -0.39 is 5.24 Å². The van der Waals surface area contributed by atoms with Crippen molar-refractivity contribution in [3.8, 4) is 0 Å². The molecule has 1 radical (unpaired) electrons. The molecular weight excluding hydrogens is 126 g/mol. The summed E-state index contributed by atoms with van der Waals surface area (Å²) in [5.41, 5.74) is 0. The summed E-state index contributed by atoms with van der Waals surface area (Å²) in [4.78, 5) is 9.10. The van der Waals surface area contributed by atoms with E-state index in [1.54, 1.807) is 0 Å². The molecule has 0 saturated carbocycles. The van der Waals surface area contributed by atoms with Crippen molar-refractivity contribution < 1.29 is 23.4 Å². The standard InChI is InChI=1S/C2H2ClO.V/c1-2(3)4;/h1H2;/q-1;+2. The molecule has 0 fully saturated rings. The Kier molecular flexibility index (Phi) is 7.99. The van der Waals surface area contributed by atoms with Crippen LogP contribution in [0.2, 0.25) is 0 Å². The minimum atomic E-state index is -0.611. The van der Waals surface area contributed by atoms with Gasteiger partial charge in [0.15, 0.2) is 0 Å². The molecule has 0 atom stereocenters. The van der Waals surface area contributed by atoms with Crippen molar-refractivity contribution in [2.45, 2.75) is 0 Å². The molecule has 0 heterocycles. The van der Waals surface area contributed by atoms with Crippen molar-refractivity contribution >= 4 is 16.8 Å². The van der Waals surface area contributed by atoms with Crippen LogP contribution in [-0.2, 0) is 23.4 Å². The first-order chi connectivity index (χ1) is 1.73. The van der Waals surface area contributed by atoms with Gasteiger partial charge in [-0.15, -0.1) is 0 Å². The van der Waals surface area contributed by atoms with Crippen LogP contribution < -0.4 is 0 Å². The molecule has 0 N–H and O–H groups in total. The fourth-order valence-electron chi connectivity index (χ4n) is 0. The summed E-state index contributed by atoms with van der Waals surface area (Å²) in [5, 5.41) is -0.611. The summed E-state index contributed by atoms with van der Waals surface area (Å²) in [6.45, 7) is 2.77. The van der Waals surface area contributed by atoms with Crippen molar-refractivity contribution in [1.29, 1.82) is 0 Å². The Balaban J connectivity index is 0. The molecule has 0 aromatic carbocycles. The molecule has 3 heteroatoms. The molecule has 0 bridgehead atoms. The van der Waals surface area contributed by atoms with Crippen LogP contribution in [0.15, 0.2) is 0 Å². The van der Waals surface area contributed by atoms with E-state index in [1.807, 2.05) is 0 Å². The van der Waals surface area contributed by atoms with Gasteiger partial charge in [0, 0.05) is 0 Å². The molecule has 0 saturated heterocycles. The Hall–Kier alpha value is 0.414. The van der Waals surface area contributed by atoms with E-state index in [9.17, 15) is 0 Å². The Labute approximate surface area is 47.6 Å². The van der Waals surface area contributed by atoms with Crippen LogP contribution in [-0.4, -0.2) is 5.24 Å². The molecule has 0 aromatic heterocycles. The summed E-state index contributed by atoms with van der Waals surface area (Å²) in [6, 6.07) is 0. The van der Waals surface area contributed by atoms with Gasteiger partial charge in [-0.3, -0.25) is 0 Å². The van der Waals surface area contributed by atoms with Gasteiger partial charge in [-0.2, -0.15) is 0 Å². The molecule has 0 amide bonds. The Morgan fingerprint density at radius 1 is 1.80 bits per heavy atom. The van der Waals surface area contributed by atoms with Crippen LogP contribution in [0.4, 0.5) is 0 Å². The zero-order valence-electron chi connectivity index (χ0n) is 2.44. The van der Waals surface area contributed by atoms with E-state index in [4.69, 9.17) is 4.79 Å². The maximum atomic E-state index is 9.10. The van der Waals surface area contributed by atoms with E-state index in [2.05, 4.69) is 18.5 Å². The third-order valence-corrected chi connectivity index (χ3v) is 0. The number of carbonyl (C=O) groups excluding carboxylic acids is 1. The van der Waals surface area contributed by atoms with Gasteiger partial charge < -0.3 is 11.7 Å². The molecule has 0 aromatic rings. The minimum absolute atomic E-state index is 0. The van der Waals surface area contributed by atoms with Crippen LogP contribution in [0.3, 0.4) is 0 Å². The maximum Gasteiger partial charge on any atom is 2.00 e. The van der Waals surface area contributed by atoms with Crippen molar-refractivity contribution in [2.75, 3.05) is 0 Å². The van der Waals surface area contributed by atoms with Gasteiger partial charge in [-0.1, -0.05) is 11.6 Å². The molecule has 0 aliphatic carbocycles. The van der Waals surface area contributed by atoms with Gasteiger partial charge in [0.25, 0.3) is 0 Å². The van der Waals surface area contributed by atoms with Crippen LogP contribution >= 0.6 is 11.6 Å². The van der Waals surface area contributed by atoms with Gasteiger partial charge in [-0.05, 0) is 0 Å². The SMILES string of the molecule is [CH2-]C(=O)Cl.[V+2]. The number of carbonyl (C=O) groups is 1. The van der Waals surface area contributed by atoms with Crippen molar-refractivity contribution in [3.05, 3.63) is 6.92 Å². The van der Waals surface area contributed by atoms with Crippen LogP contribution in [0.5, 0.6) is 0 Å². The second-order valence-corrected chi connectivity index (χ2v) is 0.777. The summed E-state index contributed by atoms with van der Waals surface area (Å²) < 4.78 is 0. The molecule has 0 aliphatic rings. The first kappa shape index (κ1) is 9.05. The van der Waals surface area contributed by atoms with E-state index in [0.717, 1.165) is 0 Å². The van der Waals surface area contributed by atoms with Crippen molar-refractivity contribution in [1.82, 2.24) is 0 Å². The summed E-state index contributed by atoms with van der Waals surface area (Å²) in [5.74, 6) is 0. The first-order valence-corrected chi connectivity index (χ1v) is 1.12. The van der Waals surface area contributed by atoms with E-state index >= 15 is 0 Å². The van der Waals surface area contributed by atoms with E-state index in [-0.39, 0.29) is 18.6 Å². The average molecular weight is 128 g/mol. The largest absolute Gasteiger partial charge is 2.00 e. The van der Waals surface area contributed by atoms with Gasteiger partial charge in [0.2, 0.25) is 0 Å². The average Bonchev–Trinajstić information content (AvgIpc) is 0.811. The predicted octanol–water partition coefficient (Wildman–Crippen LogP) is 0.583. The zero-order valence-corrected chi connectivity index (χ0v) is 4.59. The summed E-state index contributed by atoms with van der Waals surface area (Å²) in [7, 11) is 0. The summed E-state index contributed by atoms with van der Waals surface area (Å²) in [6.07, 6.45) is 0. The molecule has 1 nitrogen and oxygen atoms in total. The molecule has 0 aliphatic heterocycles. The van der Waals surface area contributed by atoms with Gasteiger partial charge in [-0.25, -0.2) is 0 Å². The molecule has 0 spiro atoms. The second kappa shape index (κ2) is 4.41. The monoisotopic (exact) mass is 128 g/mol. The smallest absolute Gasteiger partial charge is 0.323 e. The Bertz CT molecular complexity index is 32.6. The maximum absolute atomic E-state index is 9.10. The second-order valence-electron chi connectivity index (χ2n) is 0.355. The van der Waals surface area contributed by atoms with Crippen LogP contribution in [0.25, 0.3) is 0 Å². The Morgan fingerprint density at radius 3 is 1.80 bits per heavy atom. The molecule has 0 rings (SSSR count). The fourth-order valence-corrected chi connectivity index (χ4v) is 0. The van der Waals surface area contributed by atoms with Crippen molar-refractivity contribution in [2.24, 2.45) is 0 Å². The van der Waals surface area contributed by atoms with Crippen molar-refractivity contribution in [3.63, 3.8) is 0 Å². The fraction of sp³-hybridized carbons (Fsp3) is 0. The van der Waals surface area contributed by atoms with Crippen LogP contribution in [0.1, 0.15) is 0 Å². The van der Waals surface area contributed by atoms with E-state index in [1.165, 1.54) is 0 Å². The Morgan fingerprint density at radius 2 is 1.80 bits per heavy atom. The minimum Gasteiger partial charge on any atom is -0.323 e. The molecule has 27 valence electrons. The summed E-state index contributed by atoms with van der Waals surface area (Å²) >= 11 is 4.52. The number of halogens is 1. The topological polar surface area (TPSA) is 17.1 Å². The van der Waals surface area contributed by atoms with Gasteiger partial charge in [0.05, 0.1) is 5.24 Å². The predicted molar refractivity (Wildman–Crippen MR) is 16.2 cm³/mol. The molecule has 0 unspecified atom stereocenters. The third kappa shape index (κ3) is 150.